The monoisotopic (exact) mass is 179 g/mol. The Bertz CT molecular complexity index is 245. The van der Waals surface area contributed by atoms with Gasteiger partial charge in [0.2, 0.25) is 0 Å². The molecule has 1 fully saturated rings. The van der Waals surface area contributed by atoms with E-state index in [9.17, 15) is 0 Å². The summed E-state index contributed by atoms with van der Waals surface area (Å²) in [5.74, 6) is 0. The van der Waals surface area contributed by atoms with Gasteiger partial charge in [0, 0.05) is 10.9 Å². The van der Waals surface area contributed by atoms with Crippen LogP contribution in [-0.2, 0) is 0 Å². The number of hydrogen-bond donors (Lipinski definition) is 1. The highest BCUT2D eigenvalue weighted by Gasteiger charge is 2.09. The van der Waals surface area contributed by atoms with Crippen LogP contribution in [0.15, 0.2) is 23.6 Å². The van der Waals surface area contributed by atoms with Crippen LogP contribution < -0.4 is 5.32 Å². The first-order valence-electron chi connectivity index (χ1n) is 4.40. The standard InChI is InChI=1S/C10H13NS/c1-3-9(11-7-1)5-6-10-4-2-8-12-10/h2,4-6,8-9,11H,1,3,7H2/b6-5+/t9-/m1/s1. The van der Waals surface area contributed by atoms with Crippen LogP contribution in [0.25, 0.3) is 6.08 Å². The molecule has 0 aliphatic carbocycles. The molecule has 0 unspecified atom stereocenters. The fourth-order valence-electron chi connectivity index (χ4n) is 1.47. The van der Waals surface area contributed by atoms with Crippen molar-refractivity contribution < 1.29 is 0 Å². The minimum absolute atomic E-state index is 0.618. The Hall–Kier alpha value is -0.600. The molecule has 1 aliphatic heterocycles. The van der Waals surface area contributed by atoms with Crippen molar-refractivity contribution in [3.8, 4) is 0 Å². The third-order valence-electron chi connectivity index (χ3n) is 2.13. The topological polar surface area (TPSA) is 12.0 Å². The maximum Gasteiger partial charge on any atom is 0.0267 e. The minimum Gasteiger partial charge on any atom is -0.311 e. The number of nitrogens with one attached hydrogen (secondary N) is 1. The molecule has 1 atom stereocenters. The Balaban J connectivity index is 1.93. The van der Waals surface area contributed by atoms with Crippen molar-refractivity contribution in [1.82, 2.24) is 5.32 Å². The SMILES string of the molecule is C(=C\[C@H]1CCCN1)/c1cccs1. The highest BCUT2D eigenvalue weighted by molar-refractivity contribution is 7.10. The predicted molar refractivity (Wildman–Crippen MR) is 54.4 cm³/mol. The van der Waals surface area contributed by atoms with Crippen LogP contribution in [0.5, 0.6) is 0 Å². The van der Waals surface area contributed by atoms with Crippen LogP contribution in [-0.4, -0.2) is 12.6 Å². The van der Waals surface area contributed by atoms with Crippen molar-refractivity contribution in [2.75, 3.05) is 6.54 Å². The quantitative estimate of drug-likeness (QED) is 0.735. The van der Waals surface area contributed by atoms with Gasteiger partial charge in [-0.05, 0) is 36.9 Å². The first-order valence-corrected chi connectivity index (χ1v) is 5.28. The van der Waals surface area contributed by atoms with E-state index in [1.165, 1.54) is 24.3 Å². The predicted octanol–water partition coefficient (Wildman–Crippen LogP) is 2.51. The van der Waals surface area contributed by atoms with Crippen molar-refractivity contribution in [2.45, 2.75) is 18.9 Å². The van der Waals surface area contributed by atoms with Crippen molar-refractivity contribution in [3.63, 3.8) is 0 Å². The van der Waals surface area contributed by atoms with Crippen molar-refractivity contribution in [2.24, 2.45) is 0 Å². The van der Waals surface area contributed by atoms with Gasteiger partial charge in [0.05, 0.1) is 0 Å². The van der Waals surface area contributed by atoms with E-state index in [-0.39, 0.29) is 0 Å². The Morgan fingerprint density at radius 3 is 3.25 bits per heavy atom. The van der Waals surface area contributed by atoms with E-state index >= 15 is 0 Å². The molecule has 1 saturated heterocycles. The molecule has 1 nitrogen and oxygen atoms in total. The third kappa shape index (κ3) is 1.96. The zero-order chi connectivity index (χ0) is 8.23. The van der Waals surface area contributed by atoms with E-state index in [4.69, 9.17) is 0 Å². The largest absolute Gasteiger partial charge is 0.311 e. The Morgan fingerprint density at radius 2 is 2.58 bits per heavy atom. The zero-order valence-corrected chi connectivity index (χ0v) is 7.81. The van der Waals surface area contributed by atoms with Gasteiger partial charge in [-0.3, -0.25) is 0 Å². The number of rotatable bonds is 2. The van der Waals surface area contributed by atoms with Crippen LogP contribution in [0.2, 0.25) is 0 Å². The highest BCUT2D eigenvalue weighted by atomic mass is 32.1. The lowest BCUT2D eigenvalue weighted by molar-refractivity contribution is 0.730. The molecule has 2 heteroatoms. The molecule has 2 heterocycles. The van der Waals surface area contributed by atoms with Crippen molar-refractivity contribution in [3.05, 3.63) is 28.5 Å². The van der Waals surface area contributed by atoms with Gasteiger partial charge in [-0.2, -0.15) is 0 Å². The van der Waals surface area contributed by atoms with Crippen molar-refractivity contribution >= 4 is 17.4 Å². The molecule has 64 valence electrons. The van der Waals surface area contributed by atoms with Crippen LogP contribution in [0.4, 0.5) is 0 Å². The molecule has 1 aliphatic rings. The van der Waals surface area contributed by atoms with E-state index in [1.54, 1.807) is 11.3 Å². The fraction of sp³-hybridized carbons (Fsp3) is 0.400. The van der Waals surface area contributed by atoms with E-state index in [0.29, 0.717) is 6.04 Å². The van der Waals surface area contributed by atoms with Crippen molar-refractivity contribution in [1.29, 1.82) is 0 Å². The molecule has 0 aromatic carbocycles. The zero-order valence-electron chi connectivity index (χ0n) is 6.99. The summed E-state index contributed by atoms with van der Waals surface area (Å²) in [5, 5.41) is 5.55. The summed E-state index contributed by atoms with van der Waals surface area (Å²) in [7, 11) is 0. The minimum atomic E-state index is 0.618. The molecule has 12 heavy (non-hydrogen) atoms. The second kappa shape index (κ2) is 3.87. The maximum atomic E-state index is 3.44. The molecule has 1 aromatic rings. The fourth-order valence-corrected chi connectivity index (χ4v) is 2.10. The van der Waals surface area contributed by atoms with Crippen LogP contribution in [0.1, 0.15) is 17.7 Å². The molecule has 1 N–H and O–H groups in total. The number of thiophene rings is 1. The molecule has 1 aromatic heterocycles. The third-order valence-corrected chi connectivity index (χ3v) is 2.97. The molecule has 0 bridgehead atoms. The van der Waals surface area contributed by atoms with Gasteiger partial charge in [0.25, 0.3) is 0 Å². The first-order chi connectivity index (χ1) is 5.95. The molecular formula is C10H13NS. The van der Waals surface area contributed by atoms with Gasteiger partial charge >= 0.3 is 0 Å². The number of hydrogen-bond acceptors (Lipinski definition) is 2. The lowest BCUT2D eigenvalue weighted by atomic mass is 10.2. The molecule has 2 rings (SSSR count). The van der Waals surface area contributed by atoms with Gasteiger partial charge in [-0.1, -0.05) is 12.1 Å². The Kier molecular flexibility index (Phi) is 2.59. The summed E-state index contributed by atoms with van der Waals surface area (Å²) < 4.78 is 0. The molecule has 0 radical (unpaired) electrons. The molecular weight excluding hydrogens is 166 g/mol. The van der Waals surface area contributed by atoms with Crippen LogP contribution in [0.3, 0.4) is 0 Å². The van der Waals surface area contributed by atoms with Gasteiger partial charge < -0.3 is 5.32 Å². The van der Waals surface area contributed by atoms with Crippen LogP contribution >= 0.6 is 11.3 Å². The molecule has 0 saturated carbocycles. The smallest absolute Gasteiger partial charge is 0.0267 e. The Labute approximate surface area is 77.1 Å². The van der Waals surface area contributed by atoms with E-state index in [1.807, 2.05) is 0 Å². The van der Waals surface area contributed by atoms with E-state index in [0.717, 1.165) is 0 Å². The van der Waals surface area contributed by atoms with Gasteiger partial charge in [-0.15, -0.1) is 11.3 Å². The summed E-state index contributed by atoms with van der Waals surface area (Å²) in [5.41, 5.74) is 0. The summed E-state index contributed by atoms with van der Waals surface area (Å²) in [6.07, 6.45) is 7.10. The summed E-state index contributed by atoms with van der Waals surface area (Å²) in [6, 6.07) is 4.86. The second-order valence-electron chi connectivity index (χ2n) is 3.08. The van der Waals surface area contributed by atoms with E-state index < -0.39 is 0 Å². The Morgan fingerprint density at radius 1 is 1.58 bits per heavy atom. The molecule has 0 amide bonds. The lowest BCUT2D eigenvalue weighted by Gasteiger charge is -2.00. The first kappa shape index (κ1) is 8.02. The highest BCUT2D eigenvalue weighted by Crippen LogP contribution is 2.13. The average Bonchev–Trinajstić information content (AvgIpc) is 2.74. The van der Waals surface area contributed by atoms with Gasteiger partial charge in [-0.25, -0.2) is 0 Å². The van der Waals surface area contributed by atoms with Gasteiger partial charge in [0.1, 0.15) is 0 Å². The van der Waals surface area contributed by atoms with Crippen LogP contribution in [0, 0.1) is 0 Å². The van der Waals surface area contributed by atoms with Gasteiger partial charge in [0.15, 0.2) is 0 Å². The van der Waals surface area contributed by atoms with E-state index in [2.05, 4.69) is 35.0 Å². The lowest BCUT2D eigenvalue weighted by Crippen LogP contribution is -2.17. The normalized spacial score (nSPS) is 23.8. The maximum absolute atomic E-state index is 3.44. The average molecular weight is 179 g/mol. The second-order valence-corrected chi connectivity index (χ2v) is 4.06. The molecule has 0 spiro atoms. The summed E-state index contributed by atoms with van der Waals surface area (Å²) in [6.45, 7) is 1.18. The summed E-state index contributed by atoms with van der Waals surface area (Å²) >= 11 is 1.79. The summed E-state index contributed by atoms with van der Waals surface area (Å²) in [4.78, 5) is 1.35.